The van der Waals surface area contributed by atoms with E-state index in [1.807, 2.05) is 30.3 Å². The molecule has 0 spiro atoms. The van der Waals surface area contributed by atoms with Gasteiger partial charge in [0.05, 0.1) is 6.07 Å². The Morgan fingerprint density at radius 2 is 1.93 bits per heavy atom. The van der Waals surface area contributed by atoms with E-state index in [0.717, 1.165) is 24.2 Å². The van der Waals surface area contributed by atoms with Gasteiger partial charge in [0.1, 0.15) is 12.2 Å². The average Bonchev–Trinajstić information content (AvgIpc) is 2.66. The van der Waals surface area contributed by atoms with Crippen LogP contribution in [0.1, 0.15) is 51.5 Å². The molecular formula is C21H29N3O3. The van der Waals surface area contributed by atoms with Crippen LogP contribution in [0.15, 0.2) is 24.3 Å². The van der Waals surface area contributed by atoms with Crippen LogP contribution in [-0.2, 0) is 9.59 Å². The van der Waals surface area contributed by atoms with Gasteiger partial charge >= 0.3 is 0 Å². The largest absolute Gasteiger partial charge is 0.481 e. The minimum absolute atomic E-state index is 0.0614. The molecule has 1 aliphatic heterocycles. The van der Waals surface area contributed by atoms with Gasteiger partial charge in [0.25, 0.3) is 5.91 Å². The molecule has 2 rings (SSSR count). The summed E-state index contributed by atoms with van der Waals surface area (Å²) in [6, 6.07) is 9.70. The van der Waals surface area contributed by atoms with Gasteiger partial charge in [-0.2, -0.15) is 5.26 Å². The highest BCUT2D eigenvalue weighted by atomic mass is 16.5. The Balaban J connectivity index is 1.78. The Bertz CT molecular complexity index is 688. The number of nitrogens with one attached hydrogen (secondary N) is 1. The number of nitriles is 1. The van der Waals surface area contributed by atoms with Crippen molar-refractivity contribution in [2.45, 2.75) is 52.1 Å². The van der Waals surface area contributed by atoms with Crippen molar-refractivity contribution in [3.63, 3.8) is 0 Å². The lowest BCUT2D eigenvalue weighted by Crippen LogP contribution is -2.43. The van der Waals surface area contributed by atoms with Crippen LogP contribution in [0.25, 0.3) is 0 Å². The quantitative estimate of drug-likeness (QED) is 0.799. The summed E-state index contributed by atoms with van der Waals surface area (Å²) in [5.74, 6) is 1.18. The van der Waals surface area contributed by atoms with Crippen molar-refractivity contribution in [2.24, 2.45) is 5.92 Å². The smallest absolute Gasteiger partial charge is 0.260 e. The fourth-order valence-corrected chi connectivity index (χ4v) is 3.26. The molecule has 1 fully saturated rings. The number of hydrogen-bond acceptors (Lipinski definition) is 4. The lowest BCUT2D eigenvalue weighted by Gasteiger charge is -2.31. The first kappa shape index (κ1) is 20.8. The highest BCUT2D eigenvalue weighted by Gasteiger charge is 2.24. The zero-order valence-electron chi connectivity index (χ0n) is 16.4. The molecule has 1 aliphatic rings. The predicted octanol–water partition coefficient (Wildman–Crippen LogP) is 2.85. The van der Waals surface area contributed by atoms with E-state index in [2.05, 4.69) is 19.2 Å². The summed E-state index contributed by atoms with van der Waals surface area (Å²) >= 11 is 0. The van der Waals surface area contributed by atoms with Crippen LogP contribution in [-0.4, -0.2) is 42.5 Å². The van der Waals surface area contributed by atoms with E-state index in [1.165, 1.54) is 0 Å². The molecule has 0 bridgehead atoms. The maximum atomic E-state index is 12.4. The molecule has 0 aliphatic carbocycles. The highest BCUT2D eigenvalue weighted by molar-refractivity contribution is 5.80. The molecule has 6 heteroatoms. The highest BCUT2D eigenvalue weighted by Crippen LogP contribution is 2.26. The van der Waals surface area contributed by atoms with E-state index < -0.39 is 6.10 Å². The molecule has 1 aromatic rings. The number of nitrogens with zero attached hydrogens (tertiary/aromatic N) is 2. The normalized spacial score (nSPS) is 15.9. The van der Waals surface area contributed by atoms with E-state index in [9.17, 15) is 9.59 Å². The van der Waals surface area contributed by atoms with Crippen molar-refractivity contribution in [1.29, 1.82) is 5.26 Å². The number of amides is 2. The van der Waals surface area contributed by atoms with Gasteiger partial charge in [-0.15, -0.1) is 0 Å². The second-order valence-corrected chi connectivity index (χ2v) is 7.36. The number of piperidine rings is 1. The zero-order valence-corrected chi connectivity index (χ0v) is 16.4. The molecule has 0 saturated carbocycles. The van der Waals surface area contributed by atoms with Crippen LogP contribution in [0.3, 0.4) is 0 Å². The van der Waals surface area contributed by atoms with Crippen molar-refractivity contribution in [2.75, 3.05) is 19.6 Å². The predicted molar refractivity (Wildman–Crippen MR) is 103 cm³/mol. The summed E-state index contributed by atoms with van der Waals surface area (Å²) in [6.07, 6.45) is 1.04. The van der Waals surface area contributed by atoms with Crippen LogP contribution in [0, 0.1) is 17.2 Å². The standard InChI is InChI=1S/C21H29N3O3/c1-15(2)18-6-4-5-7-19(18)27-16(3)21(26)23-14-17-9-12-24(13-10-17)20(25)8-11-22/h4-7,15-17H,8-10,12-14H2,1-3H3,(H,23,26). The molecule has 1 atom stereocenters. The van der Waals surface area contributed by atoms with Crippen molar-refractivity contribution in [3.05, 3.63) is 29.8 Å². The monoisotopic (exact) mass is 371 g/mol. The summed E-state index contributed by atoms with van der Waals surface area (Å²) in [5.41, 5.74) is 1.09. The lowest BCUT2D eigenvalue weighted by molar-refractivity contribution is -0.132. The molecule has 27 heavy (non-hydrogen) atoms. The van der Waals surface area contributed by atoms with E-state index in [4.69, 9.17) is 10.00 Å². The molecule has 1 N–H and O–H groups in total. The van der Waals surface area contributed by atoms with E-state index in [1.54, 1.807) is 11.8 Å². The number of likely N-dealkylation sites (tertiary alicyclic amines) is 1. The molecule has 1 unspecified atom stereocenters. The summed E-state index contributed by atoms with van der Waals surface area (Å²) in [7, 11) is 0. The van der Waals surface area contributed by atoms with Crippen LogP contribution < -0.4 is 10.1 Å². The molecule has 0 radical (unpaired) electrons. The molecule has 6 nitrogen and oxygen atoms in total. The molecule has 1 saturated heterocycles. The molecule has 1 aromatic carbocycles. The van der Waals surface area contributed by atoms with E-state index in [-0.39, 0.29) is 18.2 Å². The summed E-state index contributed by atoms with van der Waals surface area (Å²) in [6.45, 7) is 7.83. The van der Waals surface area contributed by atoms with Crippen LogP contribution in [0.2, 0.25) is 0 Å². The van der Waals surface area contributed by atoms with Gasteiger partial charge in [-0.3, -0.25) is 9.59 Å². The van der Waals surface area contributed by atoms with Crippen LogP contribution in [0.5, 0.6) is 5.75 Å². The molecule has 0 aromatic heterocycles. The van der Waals surface area contributed by atoms with Gasteiger partial charge in [-0.05, 0) is 43.2 Å². The third kappa shape index (κ3) is 5.99. The molecular weight excluding hydrogens is 342 g/mol. The summed E-state index contributed by atoms with van der Waals surface area (Å²) in [4.78, 5) is 25.9. The Hall–Kier alpha value is -2.55. The van der Waals surface area contributed by atoms with Crippen LogP contribution >= 0.6 is 0 Å². The molecule has 1 heterocycles. The summed E-state index contributed by atoms with van der Waals surface area (Å²) < 4.78 is 5.89. The van der Waals surface area contributed by atoms with Crippen molar-refractivity contribution >= 4 is 11.8 Å². The number of hydrogen-bond donors (Lipinski definition) is 1. The Labute approximate surface area is 161 Å². The van der Waals surface area contributed by atoms with Gasteiger partial charge in [-0.25, -0.2) is 0 Å². The first-order valence-electron chi connectivity index (χ1n) is 9.60. The average molecular weight is 371 g/mol. The SMILES string of the molecule is CC(Oc1ccccc1C(C)C)C(=O)NCC1CCN(C(=O)CC#N)CC1. The zero-order chi connectivity index (χ0) is 19.8. The van der Waals surface area contributed by atoms with Crippen molar-refractivity contribution < 1.29 is 14.3 Å². The van der Waals surface area contributed by atoms with E-state index >= 15 is 0 Å². The summed E-state index contributed by atoms with van der Waals surface area (Å²) in [5, 5.41) is 11.6. The van der Waals surface area contributed by atoms with Gasteiger partial charge < -0.3 is 15.0 Å². The molecule has 146 valence electrons. The van der Waals surface area contributed by atoms with Gasteiger partial charge in [0, 0.05) is 19.6 Å². The second kappa shape index (κ2) is 9.96. The number of carbonyl (C=O) groups excluding carboxylic acids is 2. The number of ether oxygens (including phenoxy) is 1. The topological polar surface area (TPSA) is 82.4 Å². The van der Waals surface area contributed by atoms with Crippen molar-refractivity contribution in [3.8, 4) is 11.8 Å². The number of carbonyl (C=O) groups is 2. The van der Waals surface area contributed by atoms with Crippen molar-refractivity contribution in [1.82, 2.24) is 10.2 Å². The third-order valence-corrected chi connectivity index (χ3v) is 4.98. The van der Waals surface area contributed by atoms with Gasteiger partial charge in [0.15, 0.2) is 6.10 Å². The minimum atomic E-state index is -0.567. The second-order valence-electron chi connectivity index (χ2n) is 7.36. The third-order valence-electron chi connectivity index (χ3n) is 4.98. The lowest BCUT2D eigenvalue weighted by atomic mass is 9.96. The minimum Gasteiger partial charge on any atom is -0.481 e. The van der Waals surface area contributed by atoms with Gasteiger partial charge in [0.2, 0.25) is 5.91 Å². The molecule has 2 amide bonds. The Morgan fingerprint density at radius 1 is 1.26 bits per heavy atom. The first-order chi connectivity index (χ1) is 12.9. The number of rotatable bonds is 7. The fraction of sp³-hybridized carbons (Fsp3) is 0.571. The van der Waals surface area contributed by atoms with E-state index in [0.29, 0.717) is 31.5 Å². The Kier molecular flexibility index (Phi) is 7.66. The number of benzene rings is 1. The maximum Gasteiger partial charge on any atom is 0.260 e. The first-order valence-corrected chi connectivity index (χ1v) is 9.60. The Morgan fingerprint density at radius 3 is 2.56 bits per heavy atom. The fourth-order valence-electron chi connectivity index (χ4n) is 3.26. The maximum absolute atomic E-state index is 12.4. The number of para-hydroxylation sites is 1. The van der Waals surface area contributed by atoms with Crippen LogP contribution in [0.4, 0.5) is 0 Å². The van der Waals surface area contributed by atoms with Gasteiger partial charge in [-0.1, -0.05) is 32.0 Å².